The molecule has 0 aliphatic carbocycles. The Balaban J connectivity index is 1.96. The molecule has 0 saturated heterocycles. The molecule has 0 radical (unpaired) electrons. The van der Waals surface area contributed by atoms with Crippen LogP contribution in [0, 0.1) is 11.6 Å². The number of rotatable bonds is 8. The molecule has 0 heterocycles. The van der Waals surface area contributed by atoms with Gasteiger partial charge in [0, 0.05) is 12.1 Å². The third kappa shape index (κ3) is 6.76. The van der Waals surface area contributed by atoms with E-state index in [0.717, 1.165) is 12.1 Å². The number of amides is 2. The number of para-hydroxylation sites is 1. The highest BCUT2D eigenvalue weighted by Gasteiger charge is 2.15. The molecule has 0 fully saturated rings. The Morgan fingerprint density at radius 3 is 2.28 bits per heavy atom. The third-order valence-electron chi connectivity index (χ3n) is 3.53. The maximum atomic E-state index is 13.6. The minimum Gasteiger partial charge on any atom is -0.490 e. The van der Waals surface area contributed by atoms with Gasteiger partial charge in [-0.2, -0.15) is 0 Å². The molecule has 0 saturated carbocycles. The van der Waals surface area contributed by atoms with Gasteiger partial charge in [-0.05, 0) is 37.6 Å². The van der Waals surface area contributed by atoms with Gasteiger partial charge < -0.3 is 20.1 Å². The van der Waals surface area contributed by atoms with Crippen LogP contribution in [0.25, 0.3) is 0 Å². The highest BCUT2D eigenvalue weighted by molar-refractivity contribution is 6.37. The molecule has 0 bridgehead atoms. The molecule has 2 amide bonds. The number of halogens is 4. The lowest BCUT2D eigenvalue weighted by atomic mass is 10.3. The van der Waals surface area contributed by atoms with Crippen molar-refractivity contribution in [1.82, 2.24) is 0 Å². The first-order valence-electron chi connectivity index (χ1n) is 8.61. The summed E-state index contributed by atoms with van der Waals surface area (Å²) >= 11 is 12.3. The predicted molar refractivity (Wildman–Crippen MR) is 107 cm³/mol. The average molecular weight is 447 g/mol. The molecule has 2 aromatic carbocycles. The fraction of sp³-hybridized carbons (Fsp3) is 0.263. The highest BCUT2D eigenvalue weighted by Crippen LogP contribution is 2.36. The van der Waals surface area contributed by atoms with Crippen LogP contribution in [0.2, 0.25) is 10.0 Å². The molecule has 0 unspecified atom stereocenters. The first-order chi connectivity index (χ1) is 13.8. The van der Waals surface area contributed by atoms with Gasteiger partial charge in [-0.3, -0.25) is 4.79 Å². The van der Waals surface area contributed by atoms with Crippen LogP contribution < -0.4 is 15.4 Å². The van der Waals surface area contributed by atoms with Crippen molar-refractivity contribution >= 4 is 46.6 Å². The van der Waals surface area contributed by atoms with E-state index in [0.29, 0.717) is 13.0 Å². The van der Waals surface area contributed by atoms with E-state index >= 15 is 0 Å². The van der Waals surface area contributed by atoms with Crippen molar-refractivity contribution in [3.05, 3.63) is 52.0 Å². The molecule has 2 rings (SSSR count). The van der Waals surface area contributed by atoms with Crippen molar-refractivity contribution in [2.45, 2.75) is 19.8 Å². The number of benzene rings is 2. The molecule has 156 valence electrons. The number of ether oxygens (including phenoxy) is 2. The van der Waals surface area contributed by atoms with Gasteiger partial charge >= 0.3 is 12.0 Å². The van der Waals surface area contributed by atoms with Crippen LogP contribution in [0.5, 0.6) is 5.75 Å². The van der Waals surface area contributed by atoms with Crippen LogP contribution in [0.15, 0.2) is 30.3 Å². The van der Waals surface area contributed by atoms with Gasteiger partial charge in [-0.15, -0.1) is 0 Å². The molecule has 0 spiro atoms. The number of carbonyl (C=O) groups is 2. The first kappa shape index (κ1) is 22.7. The third-order valence-corrected chi connectivity index (χ3v) is 4.10. The standard InChI is InChI=1S/C19H18Cl2F2N2O4/c1-2-28-16(26)7-4-8-29-18-12(20)9-11(10-13(18)21)24-19(27)25-17-14(22)5-3-6-15(17)23/h3,5-6,9-10H,2,4,7-8H2,1H3,(H2,24,25,27). The van der Waals surface area contributed by atoms with E-state index < -0.39 is 23.4 Å². The maximum Gasteiger partial charge on any atom is 0.323 e. The largest absolute Gasteiger partial charge is 0.490 e. The minimum absolute atomic E-state index is 0.112. The van der Waals surface area contributed by atoms with E-state index in [1.54, 1.807) is 6.92 Å². The maximum absolute atomic E-state index is 13.6. The van der Waals surface area contributed by atoms with Crippen LogP contribution in [-0.4, -0.2) is 25.2 Å². The first-order valence-corrected chi connectivity index (χ1v) is 9.37. The fourth-order valence-electron chi connectivity index (χ4n) is 2.29. The molecule has 6 nitrogen and oxygen atoms in total. The summed E-state index contributed by atoms with van der Waals surface area (Å²) in [5.74, 6) is -1.97. The Labute approximate surface area is 176 Å². The van der Waals surface area contributed by atoms with E-state index in [-0.39, 0.29) is 40.5 Å². The van der Waals surface area contributed by atoms with Gasteiger partial charge in [0.2, 0.25) is 0 Å². The van der Waals surface area contributed by atoms with Crippen molar-refractivity contribution in [2.24, 2.45) is 0 Å². The zero-order valence-corrected chi connectivity index (χ0v) is 16.9. The molecule has 0 aliphatic rings. The number of urea groups is 1. The Hall–Kier alpha value is -2.58. The lowest BCUT2D eigenvalue weighted by molar-refractivity contribution is -0.143. The Kier molecular flexibility index (Phi) is 8.48. The minimum atomic E-state index is -0.914. The SMILES string of the molecule is CCOC(=O)CCCOc1c(Cl)cc(NC(=O)Nc2c(F)cccc2F)cc1Cl. The average Bonchev–Trinajstić information content (AvgIpc) is 2.64. The molecular weight excluding hydrogens is 429 g/mol. The zero-order valence-electron chi connectivity index (χ0n) is 15.4. The fourth-order valence-corrected chi connectivity index (χ4v) is 2.88. The number of anilines is 2. The van der Waals surface area contributed by atoms with Crippen molar-refractivity contribution in [3.63, 3.8) is 0 Å². The molecule has 0 aromatic heterocycles. The second-order valence-corrected chi connectivity index (χ2v) is 6.52. The van der Waals surface area contributed by atoms with Crippen molar-refractivity contribution in [2.75, 3.05) is 23.8 Å². The quantitative estimate of drug-likeness (QED) is 0.406. The van der Waals surface area contributed by atoms with E-state index in [1.165, 1.54) is 18.2 Å². The lowest BCUT2D eigenvalue weighted by Gasteiger charge is -2.13. The van der Waals surface area contributed by atoms with Crippen molar-refractivity contribution < 1.29 is 27.8 Å². The van der Waals surface area contributed by atoms with Gasteiger partial charge in [0.25, 0.3) is 0 Å². The van der Waals surface area contributed by atoms with Gasteiger partial charge in [-0.25, -0.2) is 13.6 Å². The van der Waals surface area contributed by atoms with Crippen LogP contribution >= 0.6 is 23.2 Å². The van der Waals surface area contributed by atoms with Crippen LogP contribution in [0.4, 0.5) is 25.0 Å². The summed E-state index contributed by atoms with van der Waals surface area (Å²) in [5, 5.41) is 4.69. The summed E-state index contributed by atoms with van der Waals surface area (Å²) in [5.41, 5.74) is -0.392. The van der Waals surface area contributed by atoms with E-state index in [2.05, 4.69) is 10.6 Å². The summed E-state index contributed by atoms with van der Waals surface area (Å²) in [4.78, 5) is 23.3. The summed E-state index contributed by atoms with van der Waals surface area (Å²) < 4.78 is 37.5. The topological polar surface area (TPSA) is 76.7 Å². The highest BCUT2D eigenvalue weighted by atomic mass is 35.5. The van der Waals surface area contributed by atoms with Gasteiger partial charge in [-0.1, -0.05) is 29.3 Å². The van der Waals surface area contributed by atoms with Crippen molar-refractivity contribution in [1.29, 1.82) is 0 Å². The second-order valence-electron chi connectivity index (χ2n) is 5.70. The Morgan fingerprint density at radius 1 is 1.07 bits per heavy atom. The molecule has 2 aromatic rings. The summed E-state index contributed by atoms with van der Waals surface area (Å²) in [6.45, 7) is 2.21. The van der Waals surface area contributed by atoms with Gasteiger partial charge in [0.1, 0.15) is 17.3 Å². The molecule has 2 N–H and O–H groups in total. The van der Waals surface area contributed by atoms with Crippen LogP contribution in [0.3, 0.4) is 0 Å². The van der Waals surface area contributed by atoms with E-state index in [1.807, 2.05) is 0 Å². The molecule has 0 atom stereocenters. The molecule has 29 heavy (non-hydrogen) atoms. The van der Waals surface area contributed by atoms with E-state index in [4.69, 9.17) is 32.7 Å². The van der Waals surface area contributed by atoms with Gasteiger partial charge in [0.05, 0.1) is 23.3 Å². The smallest absolute Gasteiger partial charge is 0.323 e. The number of hydrogen-bond acceptors (Lipinski definition) is 4. The molecule has 10 heteroatoms. The molecular formula is C19H18Cl2F2N2O4. The summed E-state index contributed by atoms with van der Waals surface area (Å²) in [6.07, 6.45) is 0.595. The van der Waals surface area contributed by atoms with Gasteiger partial charge in [0.15, 0.2) is 5.75 Å². The van der Waals surface area contributed by atoms with Crippen molar-refractivity contribution in [3.8, 4) is 5.75 Å². The number of carbonyl (C=O) groups excluding carboxylic acids is 2. The molecule has 0 aliphatic heterocycles. The normalized spacial score (nSPS) is 10.4. The van der Waals surface area contributed by atoms with Crippen LogP contribution in [-0.2, 0) is 9.53 Å². The monoisotopic (exact) mass is 446 g/mol. The Bertz CT molecular complexity index is 853. The van der Waals surface area contributed by atoms with E-state index in [9.17, 15) is 18.4 Å². The second kappa shape index (κ2) is 10.8. The Morgan fingerprint density at radius 2 is 1.69 bits per heavy atom. The number of esters is 1. The lowest BCUT2D eigenvalue weighted by Crippen LogP contribution is -2.21. The summed E-state index contributed by atoms with van der Waals surface area (Å²) in [7, 11) is 0. The number of nitrogens with one attached hydrogen (secondary N) is 2. The number of hydrogen-bond donors (Lipinski definition) is 2. The summed E-state index contributed by atoms with van der Waals surface area (Å²) in [6, 6.07) is 5.06. The van der Waals surface area contributed by atoms with Crippen LogP contribution in [0.1, 0.15) is 19.8 Å². The zero-order chi connectivity index (χ0) is 21.4. The predicted octanol–water partition coefficient (Wildman–Crippen LogP) is 5.64.